The van der Waals surface area contributed by atoms with E-state index < -0.39 is 0 Å². The molecule has 2 N–H and O–H groups in total. The average Bonchev–Trinajstić information content (AvgIpc) is 2.87. The van der Waals surface area contributed by atoms with Crippen LogP contribution in [0.15, 0.2) is 6.07 Å². The monoisotopic (exact) mass is 191 g/mol. The molecular weight excluding hydrogens is 174 g/mol. The molecule has 0 aromatic carbocycles. The summed E-state index contributed by atoms with van der Waals surface area (Å²) >= 11 is 0. The van der Waals surface area contributed by atoms with E-state index in [9.17, 15) is 0 Å². The Hall–Kier alpha value is -1.12. The van der Waals surface area contributed by atoms with Crippen molar-refractivity contribution >= 4 is 5.82 Å². The third-order valence-corrected chi connectivity index (χ3v) is 2.52. The van der Waals surface area contributed by atoms with Gasteiger partial charge in [0.2, 0.25) is 0 Å². The van der Waals surface area contributed by atoms with E-state index in [0.717, 1.165) is 36.7 Å². The molecule has 0 spiro atoms. The second-order valence-corrected chi connectivity index (χ2v) is 4.10. The Morgan fingerprint density at radius 3 is 2.86 bits per heavy atom. The second kappa shape index (κ2) is 3.95. The van der Waals surface area contributed by atoms with Crippen molar-refractivity contribution in [3.63, 3.8) is 0 Å². The quantitative estimate of drug-likeness (QED) is 0.791. The Labute approximate surface area is 84.8 Å². The van der Waals surface area contributed by atoms with Crippen LogP contribution in [0.5, 0.6) is 0 Å². The molecule has 1 aromatic rings. The summed E-state index contributed by atoms with van der Waals surface area (Å²) in [5.41, 5.74) is 6.83. The molecule has 1 fully saturated rings. The van der Waals surface area contributed by atoms with E-state index >= 15 is 0 Å². The molecule has 1 heterocycles. The van der Waals surface area contributed by atoms with E-state index in [1.807, 2.05) is 6.07 Å². The number of hydrogen-bond donors (Lipinski definition) is 1. The summed E-state index contributed by atoms with van der Waals surface area (Å²) in [5.74, 6) is 2.39. The molecule has 1 aliphatic carbocycles. The molecule has 1 aliphatic rings. The molecule has 0 radical (unpaired) electrons. The van der Waals surface area contributed by atoms with Crippen LogP contribution in [-0.2, 0) is 12.8 Å². The highest BCUT2D eigenvalue weighted by atomic mass is 14.9. The SMILES string of the molecule is CCCc1cc(N)nc(CC2CC2)n1. The molecule has 76 valence electrons. The number of nitrogens with two attached hydrogens (primary N) is 1. The van der Waals surface area contributed by atoms with Crippen LogP contribution in [0.2, 0.25) is 0 Å². The van der Waals surface area contributed by atoms with Crippen LogP contribution in [0.4, 0.5) is 5.82 Å². The van der Waals surface area contributed by atoms with Gasteiger partial charge >= 0.3 is 0 Å². The minimum Gasteiger partial charge on any atom is -0.384 e. The molecule has 14 heavy (non-hydrogen) atoms. The van der Waals surface area contributed by atoms with E-state index in [-0.39, 0.29) is 0 Å². The van der Waals surface area contributed by atoms with Gasteiger partial charge in [0, 0.05) is 18.2 Å². The summed E-state index contributed by atoms with van der Waals surface area (Å²) in [4.78, 5) is 8.78. The first-order chi connectivity index (χ1) is 6.78. The smallest absolute Gasteiger partial charge is 0.131 e. The van der Waals surface area contributed by atoms with Crippen molar-refractivity contribution in [3.8, 4) is 0 Å². The van der Waals surface area contributed by atoms with Crippen molar-refractivity contribution in [2.75, 3.05) is 5.73 Å². The third kappa shape index (κ3) is 2.44. The molecule has 1 saturated carbocycles. The van der Waals surface area contributed by atoms with Crippen molar-refractivity contribution in [1.82, 2.24) is 9.97 Å². The fourth-order valence-corrected chi connectivity index (χ4v) is 1.63. The van der Waals surface area contributed by atoms with Gasteiger partial charge in [0.05, 0.1) is 0 Å². The van der Waals surface area contributed by atoms with Crippen molar-refractivity contribution in [2.24, 2.45) is 5.92 Å². The first-order valence-corrected chi connectivity index (χ1v) is 5.40. The largest absolute Gasteiger partial charge is 0.384 e. The molecule has 2 rings (SSSR count). The zero-order chi connectivity index (χ0) is 9.97. The first kappa shape index (κ1) is 9.44. The Morgan fingerprint density at radius 1 is 1.43 bits per heavy atom. The van der Waals surface area contributed by atoms with Crippen molar-refractivity contribution in [3.05, 3.63) is 17.6 Å². The van der Waals surface area contributed by atoms with E-state index in [1.165, 1.54) is 12.8 Å². The number of aromatic nitrogens is 2. The fourth-order valence-electron chi connectivity index (χ4n) is 1.63. The van der Waals surface area contributed by atoms with Gasteiger partial charge in [0.1, 0.15) is 11.6 Å². The molecule has 0 atom stereocenters. The molecule has 0 saturated heterocycles. The summed E-state index contributed by atoms with van der Waals surface area (Å²) in [6, 6.07) is 1.89. The van der Waals surface area contributed by atoms with Gasteiger partial charge in [-0.15, -0.1) is 0 Å². The van der Waals surface area contributed by atoms with Crippen LogP contribution in [-0.4, -0.2) is 9.97 Å². The number of aryl methyl sites for hydroxylation is 1. The maximum absolute atomic E-state index is 5.73. The summed E-state index contributed by atoms with van der Waals surface area (Å²) < 4.78 is 0. The van der Waals surface area contributed by atoms with Gasteiger partial charge in [-0.05, 0) is 25.2 Å². The maximum atomic E-state index is 5.73. The lowest BCUT2D eigenvalue weighted by Gasteiger charge is -2.03. The number of rotatable bonds is 4. The predicted molar refractivity (Wildman–Crippen MR) is 56.9 cm³/mol. The normalized spacial score (nSPS) is 15.8. The molecule has 0 unspecified atom stereocenters. The summed E-state index contributed by atoms with van der Waals surface area (Å²) in [6.45, 7) is 2.15. The average molecular weight is 191 g/mol. The van der Waals surface area contributed by atoms with Gasteiger partial charge in [0.25, 0.3) is 0 Å². The number of nitrogens with zero attached hydrogens (tertiary/aromatic N) is 2. The lowest BCUT2D eigenvalue weighted by Crippen LogP contribution is -2.04. The zero-order valence-electron chi connectivity index (χ0n) is 8.66. The van der Waals surface area contributed by atoms with Crippen molar-refractivity contribution in [2.45, 2.75) is 39.0 Å². The summed E-state index contributed by atoms with van der Waals surface area (Å²) in [7, 11) is 0. The zero-order valence-corrected chi connectivity index (χ0v) is 8.66. The molecule has 3 heteroatoms. The fraction of sp³-hybridized carbons (Fsp3) is 0.636. The summed E-state index contributed by atoms with van der Waals surface area (Å²) in [6.07, 6.45) is 5.80. The lowest BCUT2D eigenvalue weighted by atomic mass is 10.2. The third-order valence-electron chi connectivity index (χ3n) is 2.52. The number of nitrogen functional groups attached to an aromatic ring is 1. The molecule has 0 aliphatic heterocycles. The summed E-state index contributed by atoms with van der Waals surface area (Å²) in [5, 5.41) is 0. The van der Waals surface area contributed by atoms with Gasteiger partial charge in [-0.1, -0.05) is 13.3 Å². The molecule has 3 nitrogen and oxygen atoms in total. The van der Waals surface area contributed by atoms with Gasteiger partial charge in [0.15, 0.2) is 0 Å². The first-order valence-electron chi connectivity index (χ1n) is 5.40. The highest BCUT2D eigenvalue weighted by Crippen LogP contribution is 2.31. The van der Waals surface area contributed by atoms with Crippen LogP contribution in [0, 0.1) is 5.92 Å². The Morgan fingerprint density at radius 2 is 2.21 bits per heavy atom. The van der Waals surface area contributed by atoms with Crippen LogP contribution in [0.1, 0.15) is 37.7 Å². The topological polar surface area (TPSA) is 51.8 Å². The van der Waals surface area contributed by atoms with Crippen LogP contribution >= 0.6 is 0 Å². The number of hydrogen-bond acceptors (Lipinski definition) is 3. The van der Waals surface area contributed by atoms with Crippen molar-refractivity contribution in [1.29, 1.82) is 0 Å². The minimum absolute atomic E-state index is 0.624. The molecule has 0 bridgehead atoms. The minimum atomic E-state index is 0.624. The molecular formula is C11H17N3. The van der Waals surface area contributed by atoms with Crippen LogP contribution in [0.25, 0.3) is 0 Å². The molecule has 1 aromatic heterocycles. The van der Waals surface area contributed by atoms with Crippen molar-refractivity contribution < 1.29 is 0 Å². The van der Waals surface area contributed by atoms with Gasteiger partial charge in [-0.25, -0.2) is 9.97 Å². The Kier molecular flexibility index (Phi) is 2.66. The van der Waals surface area contributed by atoms with Crippen LogP contribution in [0.3, 0.4) is 0 Å². The molecule has 0 amide bonds. The Balaban J connectivity index is 2.12. The Bertz CT molecular complexity index is 318. The maximum Gasteiger partial charge on any atom is 0.131 e. The van der Waals surface area contributed by atoms with E-state index in [0.29, 0.717) is 5.82 Å². The highest BCUT2D eigenvalue weighted by Gasteiger charge is 2.23. The second-order valence-electron chi connectivity index (χ2n) is 4.10. The van der Waals surface area contributed by atoms with Gasteiger partial charge < -0.3 is 5.73 Å². The predicted octanol–water partition coefficient (Wildman–Crippen LogP) is 1.96. The van der Waals surface area contributed by atoms with Gasteiger partial charge in [-0.2, -0.15) is 0 Å². The number of anilines is 1. The lowest BCUT2D eigenvalue weighted by molar-refractivity contribution is 0.751. The van der Waals surface area contributed by atoms with E-state index in [2.05, 4.69) is 16.9 Å². The van der Waals surface area contributed by atoms with E-state index in [4.69, 9.17) is 5.73 Å². The standard InChI is InChI=1S/C11H17N3/c1-2-3-9-7-10(12)14-11(13-9)6-8-4-5-8/h7-8H,2-6H2,1H3,(H2,12,13,14). The van der Waals surface area contributed by atoms with E-state index in [1.54, 1.807) is 0 Å². The van der Waals surface area contributed by atoms with Gasteiger partial charge in [-0.3, -0.25) is 0 Å². The van der Waals surface area contributed by atoms with Crippen LogP contribution < -0.4 is 5.73 Å². The highest BCUT2D eigenvalue weighted by molar-refractivity contribution is 5.30.